The number of nitrogens with one attached hydrogen (secondary N) is 1. The first-order valence-electron chi connectivity index (χ1n) is 8.04. The van der Waals surface area contributed by atoms with Gasteiger partial charge >= 0.3 is 5.97 Å². The molecule has 1 atom stereocenters. The summed E-state index contributed by atoms with van der Waals surface area (Å²) in [5.74, 6) is -0.780. The van der Waals surface area contributed by atoms with Gasteiger partial charge in [0.15, 0.2) is 5.78 Å². The molecule has 1 unspecified atom stereocenters. The van der Waals surface area contributed by atoms with E-state index in [-0.39, 0.29) is 24.5 Å². The molecule has 0 bridgehead atoms. The Morgan fingerprint density at radius 2 is 1.79 bits per heavy atom. The maximum atomic E-state index is 12.1. The van der Waals surface area contributed by atoms with Gasteiger partial charge in [0.05, 0.1) is 7.11 Å². The van der Waals surface area contributed by atoms with Gasteiger partial charge < -0.3 is 15.2 Å². The molecule has 0 spiro atoms. The number of carboxylic acids is 1. The third-order valence-electron chi connectivity index (χ3n) is 3.86. The van der Waals surface area contributed by atoms with Gasteiger partial charge in [0.1, 0.15) is 11.3 Å². The number of amides is 1. The maximum Gasteiger partial charge on any atom is 0.329 e. The molecule has 0 aliphatic rings. The van der Waals surface area contributed by atoms with Crippen molar-refractivity contribution in [1.29, 1.82) is 0 Å². The standard InChI is InChI=1S/C18H25NO5/c1-4-12-18(2,17(22)23)19-16(21)7-5-6-15(20)13-8-10-14(24-3)11-9-13/h8-11H,4-7,12H2,1-3H3,(H,19,21)(H,22,23). The number of methoxy groups -OCH3 is 1. The Morgan fingerprint density at radius 1 is 1.17 bits per heavy atom. The Hall–Kier alpha value is -2.37. The summed E-state index contributed by atoms with van der Waals surface area (Å²) in [6.07, 6.45) is 1.74. The predicted molar refractivity (Wildman–Crippen MR) is 90.3 cm³/mol. The van der Waals surface area contributed by atoms with E-state index in [0.717, 1.165) is 0 Å². The number of aliphatic carboxylic acids is 1. The van der Waals surface area contributed by atoms with Crippen LogP contribution in [-0.2, 0) is 9.59 Å². The second-order valence-corrected chi connectivity index (χ2v) is 5.94. The molecular weight excluding hydrogens is 310 g/mol. The van der Waals surface area contributed by atoms with Crippen LogP contribution < -0.4 is 10.1 Å². The number of carboxylic acid groups (broad SMARTS) is 1. The molecule has 0 heterocycles. The second kappa shape index (κ2) is 9.05. The number of Topliss-reactive ketones (excluding diaryl/α,β-unsaturated/α-hetero) is 1. The van der Waals surface area contributed by atoms with Gasteiger partial charge in [-0.15, -0.1) is 0 Å². The zero-order chi connectivity index (χ0) is 18.2. The van der Waals surface area contributed by atoms with Gasteiger partial charge in [0, 0.05) is 18.4 Å². The summed E-state index contributed by atoms with van der Waals surface area (Å²) in [5.41, 5.74) is -0.691. The molecule has 0 radical (unpaired) electrons. The van der Waals surface area contributed by atoms with E-state index < -0.39 is 11.5 Å². The average Bonchev–Trinajstić information content (AvgIpc) is 2.54. The summed E-state index contributed by atoms with van der Waals surface area (Å²) in [5, 5.41) is 11.8. The average molecular weight is 335 g/mol. The van der Waals surface area contributed by atoms with Gasteiger partial charge in [0.2, 0.25) is 5.91 Å². The zero-order valence-electron chi connectivity index (χ0n) is 14.4. The number of hydrogen-bond acceptors (Lipinski definition) is 4. The van der Waals surface area contributed by atoms with Crippen LogP contribution >= 0.6 is 0 Å². The molecule has 0 saturated heterocycles. The fourth-order valence-corrected chi connectivity index (χ4v) is 2.42. The number of carbonyl (C=O) groups is 3. The van der Waals surface area contributed by atoms with Crippen molar-refractivity contribution in [1.82, 2.24) is 5.32 Å². The fourth-order valence-electron chi connectivity index (χ4n) is 2.42. The summed E-state index contributed by atoms with van der Waals surface area (Å²) < 4.78 is 5.03. The molecular formula is C18H25NO5. The molecule has 6 nitrogen and oxygen atoms in total. The molecule has 0 aliphatic heterocycles. The Bertz CT molecular complexity index is 582. The fraction of sp³-hybridized carbons (Fsp3) is 0.500. The number of ketones is 1. The van der Waals surface area contributed by atoms with Crippen LogP contribution in [0.4, 0.5) is 0 Å². The van der Waals surface area contributed by atoms with Crippen molar-refractivity contribution >= 4 is 17.7 Å². The van der Waals surface area contributed by atoms with Crippen LogP contribution in [0.5, 0.6) is 5.75 Å². The summed E-state index contributed by atoms with van der Waals surface area (Å²) >= 11 is 0. The minimum atomic E-state index is -1.26. The topological polar surface area (TPSA) is 92.7 Å². The third kappa shape index (κ3) is 5.68. The van der Waals surface area contributed by atoms with Crippen molar-refractivity contribution in [3.8, 4) is 5.75 Å². The minimum Gasteiger partial charge on any atom is -0.497 e. The molecule has 1 amide bonds. The van der Waals surface area contributed by atoms with Crippen LogP contribution in [0.1, 0.15) is 56.3 Å². The Kier molecular flexibility index (Phi) is 7.42. The second-order valence-electron chi connectivity index (χ2n) is 5.94. The maximum absolute atomic E-state index is 12.1. The van der Waals surface area contributed by atoms with Crippen LogP contribution in [0.2, 0.25) is 0 Å². The highest BCUT2D eigenvalue weighted by molar-refractivity contribution is 5.96. The lowest BCUT2D eigenvalue weighted by Crippen LogP contribution is -2.52. The van der Waals surface area contributed by atoms with Crippen molar-refractivity contribution in [3.05, 3.63) is 29.8 Å². The highest BCUT2D eigenvalue weighted by Gasteiger charge is 2.33. The SMILES string of the molecule is CCCC(C)(NC(=O)CCCC(=O)c1ccc(OC)cc1)C(=O)O. The number of carbonyl (C=O) groups excluding carboxylic acids is 2. The Labute approximate surface area is 142 Å². The number of hydrogen-bond donors (Lipinski definition) is 2. The normalized spacial score (nSPS) is 13.0. The van der Waals surface area contributed by atoms with E-state index in [1.807, 2.05) is 6.92 Å². The highest BCUT2D eigenvalue weighted by Crippen LogP contribution is 2.15. The highest BCUT2D eigenvalue weighted by atomic mass is 16.5. The van der Waals surface area contributed by atoms with Gasteiger partial charge in [0.25, 0.3) is 0 Å². The van der Waals surface area contributed by atoms with Crippen molar-refractivity contribution in [2.75, 3.05) is 7.11 Å². The minimum absolute atomic E-state index is 0.0555. The lowest BCUT2D eigenvalue weighted by Gasteiger charge is -2.25. The van der Waals surface area contributed by atoms with Crippen LogP contribution in [0.25, 0.3) is 0 Å². The van der Waals surface area contributed by atoms with E-state index in [9.17, 15) is 19.5 Å². The molecule has 0 saturated carbocycles. The van der Waals surface area contributed by atoms with Crippen LogP contribution in [0.15, 0.2) is 24.3 Å². The monoisotopic (exact) mass is 335 g/mol. The van der Waals surface area contributed by atoms with E-state index in [2.05, 4.69) is 5.32 Å². The molecule has 0 fully saturated rings. The van der Waals surface area contributed by atoms with E-state index in [1.165, 1.54) is 6.92 Å². The van der Waals surface area contributed by atoms with Crippen LogP contribution in [0.3, 0.4) is 0 Å². The van der Waals surface area contributed by atoms with Crippen molar-refractivity contribution in [3.63, 3.8) is 0 Å². The van der Waals surface area contributed by atoms with Crippen molar-refractivity contribution in [2.24, 2.45) is 0 Å². The van der Waals surface area contributed by atoms with Gasteiger partial charge in [-0.05, 0) is 44.0 Å². The quantitative estimate of drug-likeness (QED) is 0.641. The number of rotatable bonds is 10. The summed E-state index contributed by atoms with van der Waals surface area (Å²) in [6.45, 7) is 3.36. The largest absolute Gasteiger partial charge is 0.497 e. The van der Waals surface area contributed by atoms with E-state index >= 15 is 0 Å². The van der Waals surface area contributed by atoms with Crippen molar-refractivity contribution < 1.29 is 24.2 Å². The number of benzene rings is 1. The lowest BCUT2D eigenvalue weighted by atomic mass is 9.96. The first kappa shape index (κ1) is 19.7. The molecule has 1 rings (SSSR count). The molecule has 1 aromatic carbocycles. The van der Waals surface area contributed by atoms with E-state index in [1.54, 1.807) is 31.4 Å². The third-order valence-corrected chi connectivity index (χ3v) is 3.86. The molecule has 2 N–H and O–H groups in total. The van der Waals surface area contributed by atoms with Gasteiger partial charge in [-0.1, -0.05) is 13.3 Å². The van der Waals surface area contributed by atoms with Gasteiger partial charge in [-0.2, -0.15) is 0 Å². The zero-order valence-corrected chi connectivity index (χ0v) is 14.4. The van der Waals surface area contributed by atoms with Crippen LogP contribution in [-0.4, -0.2) is 35.4 Å². The summed E-state index contributed by atoms with van der Waals surface area (Å²) in [6, 6.07) is 6.79. The first-order chi connectivity index (χ1) is 11.3. The summed E-state index contributed by atoms with van der Waals surface area (Å²) in [4.78, 5) is 35.3. The van der Waals surface area contributed by atoms with Crippen LogP contribution in [0, 0.1) is 0 Å². The van der Waals surface area contributed by atoms with Gasteiger partial charge in [-0.3, -0.25) is 9.59 Å². The van der Waals surface area contributed by atoms with Crippen molar-refractivity contribution in [2.45, 2.75) is 51.5 Å². The smallest absolute Gasteiger partial charge is 0.329 e. The molecule has 6 heteroatoms. The Morgan fingerprint density at radius 3 is 2.29 bits per heavy atom. The lowest BCUT2D eigenvalue weighted by molar-refractivity contribution is -0.147. The molecule has 132 valence electrons. The first-order valence-corrected chi connectivity index (χ1v) is 8.04. The van der Waals surface area contributed by atoms with Gasteiger partial charge in [-0.25, -0.2) is 4.79 Å². The molecule has 24 heavy (non-hydrogen) atoms. The summed E-state index contributed by atoms with van der Waals surface area (Å²) in [7, 11) is 1.55. The molecule has 0 aliphatic carbocycles. The van der Waals surface area contributed by atoms with E-state index in [4.69, 9.17) is 4.74 Å². The number of ether oxygens (including phenoxy) is 1. The Balaban J connectivity index is 2.46. The molecule has 0 aromatic heterocycles. The van der Waals surface area contributed by atoms with E-state index in [0.29, 0.717) is 30.6 Å². The molecule has 1 aromatic rings. The predicted octanol–water partition coefficient (Wildman–Crippen LogP) is 2.81.